The topological polar surface area (TPSA) is 0 Å². The van der Waals surface area contributed by atoms with Gasteiger partial charge in [-0.15, -0.1) is 0 Å². The largest absolute Gasteiger partial charge is 0.0693 e. The number of rotatable bonds is 1. The van der Waals surface area contributed by atoms with Gasteiger partial charge in [0.2, 0.25) is 0 Å². The Hall–Kier alpha value is 1.16. The smallest absolute Gasteiger partial charge is 0.0583 e. The molecule has 32 valence electrons. The van der Waals surface area contributed by atoms with Crippen LogP contribution in [0.5, 0.6) is 0 Å². The Balaban J connectivity index is 2.99. The molecule has 0 nitrogen and oxygen atoms in total. The van der Waals surface area contributed by atoms with Crippen molar-refractivity contribution in [1.29, 1.82) is 1.28 Å². The Morgan fingerprint density at radius 3 is 2.20 bits per heavy atom. The Morgan fingerprint density at radius 1 is 2.00 bits per heavy atom. The first kappa shape index (κ1) is 4.32. The van der Waals surface area contributed by atoms with E-state index in [1.807, 2.05) is 0 Å². The first-order chi connectivity index (χ1) is 2.64. The van der Waals surface area contributed by atoms with Crippen molar-refractivity contribution in [3.63, 3.8) is 0 Å². The minimum Gasteiger partial charge on any atom is -0.0583 e. The zero-order chi connectivity index (χ0) is 5.15. The van der Waals surface area contributed by atoms with Crippen molar-refractivity contribution in [2.45, 2.75) is 19.5 Å². The minimum atomic E-state index is -0.439. The SMILES string of the molecule is [2H]P(I)C(C)C. The van der Waals surface area contributed by atoms with Crippen LogP contribution in [0.3, 0.4) is 0 Å². The fourth-order valence-electron chi connectivity index (χ4n) is 0. The Morgan fingerprint density at radius 2 is 2.20 bits per heavy atom. The predicted molar refractivity (Wildman–Crippen MR) is 37.5 cm³/mol. The maximum Gasteiger partial charge on any atom is 0.0693 e. The molecule has 0 fully saturated rings. The van der Waals surface area contributed by atoms with Crippen LogP contribution in [-0.4, -0.2) is 6.94 Å². The molecule has 2 heteroatoms. The average Bonchev–Trinajstić information content (AvgIpc) is 1.36. The van der Waals surface area contributed by atoms with Crippen molar-refractivity contribution in [2.24, 2.45) is 0 Å². The highest BCUT2D eigenvalue weighted by Gasteiger charge is 1.81. The molecule has 0 aliphatic heterocycles. The highest BCUT2D eigenvalue weighted by atomic mass is 127. The van der Waals surface area contributed by atoms with Crippen molar-refractivity contribution in [3.05, 3.63) is 0 Å². The van der Waals surface area contributed by atoms with Crippen molar-refractivity contribution < 1.29 is 0 Å². The molecule has 0 heterocycles. The fourth-order valence-corrected chi connectivity index (χ4v) is 0. The summed E-state index contributed by atoms with van der Waals surface area (Å²) in [5, 5.41) is 0. The normalized spacial score (nSPS) is 18.8. The van der Waals surface area contributed by atoms with Crippen LogP contribution in [0, 0.1) is 0 Å². The second-order valence-corrected chi connectivity index (χ2v) is 4.09. The molecule has 0 aromatic heterocycles. The van der Waals surface area contributed by atoms with E-state index in [4.69, 9.17) is 1.28 Å². The molecule has 0 aliphatic carbocycles. The van der Waals surface area contributed by atoms with E-state index in [-0.39, 0.29) is 0 Å². The second-order valence-electron chi connectivity index (χ2n) is 1.19. The van der Waals surface area contributed by atoms with Gasteiger partial charge in [0.1, 0.15) is 0 Å². The van der Waals surface area contributed by atoms with E-state index < -0.39 is 6.17 Å². The van der Waals surface area contributed by atoms with Crippen molar-refractivity contribution >= 4 is 28.2 Å². The van der Waals surface area contributed by atoms with E-state index in [9.17, 15) is 0 Å². The summed E-state index contributed by atoms with van der Waals surface area (Å²) in [6.07, 6.45) is -0.439. The number of halogens is 1. The van der Waals surface area contributed by atoms with Crippen molar-refractivity contribution in [3.8, 4) is 0 Å². The van der Waals surface area contributed by atoms with E-state index in [1.165, 1.54) is 0 Å². The third kappa shape index (κ3) is 5.16. The first-order valence-electron chi connectivity index (χ1n) is 2.03. The maximum absolute atomic E-state index is 7.08. The highest BCUT2D eigenvalue weighted by molar-refractivity contribution is 14.2. The lowest BCUT2D eigenvalue weighted by atomic mass is 10.6. The second kappa shape index (κ2) is 3.35. The summed E-state index contributed by atoms with van der Waals surface area (Å²) in [5.74, 6) is 0. The summed E-state index contributed by atoms with van der Waals surface area (Å²) in [7, 11) is 0. The Kier molecular flexibility index (Phi) is 2.90. The molecule has 0 N–H and O–H groups in total. The molecular weight excluding hydrogens is 194 g/mol. The van der Waals surface area contributed by atoms with Gasteiger partial charge in [-0.2, -0.15) is 0 Å². The predicted octanol–water partition coefficient (Wildman–Crippen LogP) is 2.42. The van der Waals surface area contributed by atoms with Gasteiger partial charge in [-0.05, 0) is 5.66 Å². The first-order valence-corrected chi connectivity index (χ1v) is 5.33. The fraction of sp³-hybridized carbons (Fsp3) is 1.00. The van der Waals surface area contributed by atoms with E-state index in [2.05, 4.69) is 35.9 Å². The zero-order valence-electron chi connectivity index (χ0n) is 4.40. The van der Waals surface area contributed by atoms with Gasteiger partial charge in [0.15, 0.2) is 0 Å². The van der Waals surface area contributed by atoms with Crippen LogP contribution in [0.25, 0.3) is 0 Å². The van der Waals surface area contributed by atoms with Crippen LogP contribution in [-0.2, 0) is 0 Å². The van der Waals surface area contributed by atoms with E-state index >= 15 is 0 Å². The third-order valence-electron chi connectivity index (χ3n) is 0.195. The van der Waals surface area contributed by atoms with E-state index in [0.717, 1.165) is 0 Å². The number of hydrogen-bond acceptors (Lipinski definition) is 0. The van der Waals surface area contributed by atoms with E-state index in [0.29, 0.717) is 5.66 Å². The lowest BCUT2D eigenvalue weighted by Crippen LogP contribution is -1.73. The van der Waals surface area contributed by atoms with Gasteiger partial charge in [-0.3, -0.25) is 0 Å². The molecule has 1 unspecified atom stereocenters. The summed E-state index contributed by atoms with van der Waals surface area (Å²) >= 11 is 2.16. The van der Waals surface area contributed by atoms with Gasteiger partial charge in [0.05, 0.1) is 1.28 Å². The molecule has 0 radical (unpaired) electrons. The standard InChI is InChI=1S/C3H8IP/c1-3(2)5-4/h3,5H,1-2H3/i5D. The van der Waals surface area contributed by atoms with Crippen LogP contribution < -0.4 is 0 Å². The maximum atomic E-state index is 7.08. The summed E-state index contributed by atoms with van der Waals surface area (Å²) < 4.78 is 7.08. The molecule has 0 amide bonds. The molecular formula is C3H8IP. The minimum absolute atomic E-state index is 0.439. The van der Waals surface area contributed by atoms with Gasteiger partial charge in [0, 0.05) is 0 Å². The molecule has 0 rings (SSSR count). The Labute approximate surface area is 49.3 Å². The van der Waals surface area contributed by atoms with Gasteiger partial charge in [-0.25, -0.2) is 0 Å². The van der Waals surface area contributed by atoms with Crippen LogP contribution in [0.15, 0.2) is 0 Å². The van der Waals surface area contributed by atoms with Crippen LogP contribution >= 0.6 is 28.2 Å². The molecule has 1 atom stereocenters. The van der Waals surface area contributed by atoms with Gasteiger partial charge < -0.3 is 0 Å². The van der Waals surface area contributed by atoms with Crippen LogP contribution in [0.4, 0.5) is 0 Å². The summed E-state index contributed by atoms with van der Waals surface area (Å²) in [4.78, 5) is 0. The zero-order valence-corrected chi connectivity index (χ0v) is 6.45. The molecule has 0 spiro atoms. The van der Waals surface area contributed by atoms with Gasteiger partial charge in [-0.1, -0.05) is 42.1 Å². The molecule has 0 bridgehead atoms. The molecule has 5 heavy (non-hydrogen) atoms. The Bertz CT molecular complexity index is 31.8. The van der Waals surface area contributed by atoms with Gasteiger partial charge in [0.25, 0.3) is 0 Å². The summed E-state index contributed by atoms with van der Waals surface area (Å²) in [6.45, 7) is 4.15. The lowest BCUT2D eigenvalue weighted by molar-refractivity contribution is 1.12. The number of hydrogen-bond donors (Lipinski definition) is 0. The molecule has 0 aromatic carbocycles. The van der Waals surface area contributed by atoms with Crippen LogP contribution in [0.2, 0.25) is 0 Å². The third-order valence-corrected chi connectivity index (χ3v) is 3.93. The molecule has 0 saturated carbocycles. The summed E-state index contributed by atoms with van der Waals surface area (Å²) in [6, 6.07) is 0. The van der Waals surface area contributed by atoms with Gasteiger partial charge >= 0.3 is 0 Å². The molecule has 0 aliphatic rings. The highest BCUT2D eigenvalue weighted by Crippen LogP contribution is 2.26. The monoisotopic (exact) mass is 203 g/mol. The van der Waals surface area contributed by atoms with E-state index in [1.54, 1.807) is 0 Å². The van der Waals surface area contributed by atoms with Crippen LogP contribution in [0.1, 0.15) is 13.8 Å². The summed E-state index contributed by atoms with van der Waals surface area (Å²) in [5.41, 5.74) is 0.570. The van der Waals surface area contributed by atoms with Crippen molar-refractivity contribution in [2.75, 3.05) is 0 Å². The van der Waals surface area contributed by atoms with Crippen molar-refractivity contribution in [1.82, 2.24) is 0 Å². The quantitative estimate of drug-likeness (QED) is 0.453. The lowest BCUT2D eigenvalue weighted by Gasteiger charge is -1.89. The molecule has 0 saturated heterocycles. The molecule has 0 aromatic rings. The average molecular weight is 203 g/mol.